The second-order valence-corrected chi connectivity index (χ2v) is 8.27. The number of hydrogen-bond acceptors (Lipinski definition) is 5. The van der Waals surface area contributed by atoms with Gasteiger partial charge in [0.15, 0.2) is 0 Å². The number of anilines is 1. The maximum absolute atomic E-state index is 13.0. The zero-order valence-electron chi connectivity index (χ0n) is 16.0. The monoisotopic (exact) mass is 439 g/mol. The average Bonchev–Trinajstić information content (AvgIpc) is 3.33. The number of aryl methyl sites for hydroxylation is 1. The third kappa shape index (κ3) is 4.34. The van der Waals surface area contributed by atoms with Crippen molar-refractivity contribution in [3.05, 3.63) is 75.9 Å². The number of carbonyl (C=O) groups is 2. The summed E-state index contributed by atoms with van der Waals surface area (Å²) < 4.78 is 0. The number of benzene rings is 2. The molecule has 3 N–H and O–H groups in total. The molecule has 0 radical (unpaired) electrons. The van der Waals surface area contributed by atoms with Crippen LogP contribution in [0.1, 0.15) is 20.9 Å². The summed E-state index contributed by atoms with van der Waals surface area (Å²) in [4.78, 5) is 29.0. The summed E-state index contributed by atoms with van der Waals surface area (Å²) in [5, 5.41) is 15.8. The Morgan fingerprint density at radius 1 is 1.13 bits per heavy atom. The third-order valence-corrected chi connectivity index (χ3v) is 5.68. The number of aromatic amines is 1. The molecule has 4 aromatic rings. The Hall–Kier alpha value is -3.23. The topological polar surface area (TPSA) is 99.8 Å². The molecule has 0 aliphatic rings. The molecule has 1 atom stereocenters. The van der Waals surface area contributed by atoms with Crippen LogP contribution in [0.5, 0.6) is 0 Å². The Balaban J connectivity index is 1.60. The molecular formula is C21H18ClN5O2S. The van der Waals surface area contributed by atoms with Crippen molar-refractivity contribution in [3.63, 3.8) is 0 Å². The molecule has 30 heavy (non-hydrogen) atoms. The summed E-state index contributed by atoms with van der Waals surface area (Å²) in [5.41, 5.74) is 2.19. The Bertz CT molecular complexity index is 1220. The maximum atomic E-state index is 13.0. The zero-order valence-corrected chi connectivity index (χ0v) is 17.6. The van der Waals surface area contributed by atoms with Gasteiger partial charge in [-0.15, -0.1) is 10.2 Å². The van der Waals surface area contributed by atoms with Gasteiger partial charge in [-0.05, 0) is 30.7 Å². The van der Waals surface area contributed by atoms with Crippen LogP contribution >= 0.6 is 22.9 Å². The van der Waals surface area contributed by atoms with E-state index < -0.39 is 11.9 Å². The number of carbonyl (C=O) groups excluding carboxylic acids is 2. The van der Waals surface area contributed by atoms with E-state index in [2.05, 4.69) is 25.8 Å². The minimum Gasteiger partial charge on any atom is -0.361 e. The summed E-state index contributed by atoms with van der Waals surface area (Å²) in [7, 11) is 0. The molecule has 7 nitrogen and oxygen atoms in total. The molecule has 2 heterocycles. The largest absolute Gasteiger partial charge is 0.361 e. The molecule has 4 rings (SSSR count). The van der Waals surface area contributed by atoms with Gasteiger partial charge in [0.25, 0.3) is 5.91 Å². The quantitative estimate of drug-likeness (QED) is 0.423. The molecule has 0 saturated carbocycles. The first-order chi connectivity index (χ1) is 14.5. The Labute approximate surface area is 181 Å². The van der Waals surface area contributed by atoms with E-state index in [0.717, 1.165) is 21.5 Å². The van der Waals surface area contributed by atoms with E-state index in [9.17, 15) is 9.59 Å². The van der Waals surface area contributed by atoms with E-state index in [0.29, 0.717) is 22.1 Å². The van der Waals surface area contributed by atoms with Crippen LogP contribution in [-0.2, 0) is 11.2 Å². The van der Waals surface area contributed by atoms with Gasteiger partial charge in [-0.25, -0.2) is 0 Å². The van der Waals surface area contributed by atoms with E-state index in [1.807, 2.05) is 30.5 Å². The van der Waals surface area contributed by atoms with Crippen molar-refractivity contribution < 1.29 is 9.59 Å². The van der Waals surface area contributed by atoms with E-state index in [4.69, 9.17) is 11.6 Å². The van der Waals surface area contributed by atoms with Crippen LogP contribution in [0.4, 0.5) is 5.13 Å². The van der Waals surface area contributed by atoms with Crippen molar-refractivity contribution in [1.29, 1.82) is 0 Å². The van der Waals surface area contributed by atoms with Crippen molar-refractivity contribution in [2.24, 2.45) is 0 Å². The first-order valence-electron chi connectivity index (χ1n) is 9.22. The predicted molar refractivity (Wildman–Crippen MR) is 118 cm³/mol. The number of nitrogens with one attached hydrogen (secondary N) is 3. The molecule has 2 amide bonds. The van der Waals surface area contributed by atoms with Gasteiger partial charge in [-0.3, -0.25) is 14.9 Å². The zero-order chi connectivity index (χ0) is 21.1. The number of aromatic nitrogens is 3. The van der Waals surface area contributed by atoms with Crippen LogP contribution < -0.4 is 10.6 Å². The molecule has 0 fully saturated rings. The van der Waals surface area contributed by atoms with Crippen LogP contribution in [0.2, 0.25) is 5.02 Å². The highest BCUT2D eigenvalue weighted by Crippen LogP contribution is 2.21. The summed E-state index contributed by atoms with van der Waals surface area (Å²) in [6.07, 6.45) is 2.14. The predicted octanol–water partition coefficient (Wildman–Crippen LogP) is 3.96. The van der Waals surface area contributed by atoms with Gasteiger partial charge in [0.05, 0.1) is 10.6 Å². The fourth-order valence-electron chi connectivity index (χ4n) is 3.15. The highest BCUT2D eigenvalue weighted by molar-refractivity contribution is 7.15. The van der Waals surface area contributed by atoms with Crippen LogP contribution in [0.25, 0.3) is 10.9 Å². The highest BCUT2D eigenvalue weighted by atomic mass is 35.5. The molecule has 0 aliphatic carbocycles. The molecule has 2 aromatic heterocycles. The van der Waals surface area contributed by atoms with Crippen molar-refractivity contribution in [3.8, 4) is 0 Å². The molecule has 2 aromatic carbocycles. The number of fused-ring (bicyclic) bond motifs is 1. The number of hydrogen-bond donors (Lipinski definition) is 3. The van der Waals surface area contributed by atoms with Gasteiger partial charge in [0, 0.05) is 23.5 Å². The van der Waals surface area contributed by atoms with E-state index >= 15 is 0 Å². The van der Waals surface area contributed by atoms with Crippen molar-refractivity contribution >= 4 is 50.8 Å². The molecular weight excluding hydrogens is 422 g/mol. The summed E-state index contributed by atoms with van der Waals surface area (Å²) >= 11 is 7.42. The number of halogens is 1. The number of rotatable bonds is 6. The molecule has 0 aliphatic heterocycles. The minimum atomic E-state index is -0.836. The maximum Gasteiger partial charge on any atom is 0.253 e. The molecule has 0 unspecified atom stereocenters. The lowest BCUT2D eigenvalue weighted by molar-refractivity contribution is -0.118. The molecule has 0 bridgehead atoms. The van der Waals surface area contributed by atoms with E-state index in [-0.39, 0.29) is 5.91 Å². The van der Waals surface area contributed by atoms with Gasteiger partial charge in [0.1, 0.15) is 11.0 Å². The van der Waals surface area contributed by atoms with Gasteiger partial charge >= 0.3 is 0 Å². The van der Waals surface area contributed by atoms with Crippen molar-refractivity contribution in [1.82, 2.24) is 20.5 Å². The molecule has 152 valence electrons. The normalized spacial score (nSPS) is 11.9. The van der Waals surface area contributed by atoms with Gasteiger partial charge in [-0.1, -0.05) is 53.3 Å². The number of para-hydroxylation sites is 1. The highest BCUT2D eigenvalue weighted by Gasteiger charge is 2.25. The standard InChI is InChI=1S/C21H18ClN5O2S/c1-12-26-27-21(30-12)25-20(29)18(24-19(28)15-7-2-4-8-16(15)22)10-13-11-23-17-9-5-3-6-14(13)17/h2-9,11,18,23H,10H2,1H3,(H,24,28)(H,25,27,29)/t18-/m0/s1. The average molecular weight is 440 g/mol. The summed E-state index contributed by atoms with van der Waals surface area (Å²) in [6.45, 7) is 1.80. The SMILES string of the molecule is Cc1nnc(NC(=O)[C@H](Cc2c[nH]c3ccccc23)NC(=O)c2ccccc2Cl)s1. The molecule has 0 saturated heterocycles. The molecule has 0 spiro atoms. The van der Waals surface area contributed by atoms with Gasteiger partial charge in [-0.2, -0.15) is 0 Å². The van der Waals surface area contributed by atoms with E-state index in [1.54, 1.807) is 31.2 Å². The first-order valence-corrected chi connectivity index (χ1v) is 10.4. The van der Waals surface area contributed by atoms with Crippen LogP contribution in [0, 0.1) is 6.92 Å². The van der Waals surface area contributed by atoms with Crippen LogP contribution in [-0.4, -0.2) is 33.0 Å². The lowest BCUT2D eigenvalue weighted by Gasteiger charge is -2.18. The van der Waals surface area contributed by atoms with Crippen LogP contribution in [0.3, 0.4) is 0 Å². The van der Waals surface area contributed by atoms with E-state index in [1.165, 1.54) is 11.3 Å². The second-order valence-electron chi connectivity index (χ2n) is 6.68. The summed E-state index contributed by atoms with van der Waals surface area (Å²) in [6, 6.07) is 13.7. The molecule has 9 heteroatoms. The lowest BCUT2D eigenvalue weighted by atomic mass is 10.0. The van der Waals surface area contributed by atoms with Gasteiger partial charge < -0.3 is 10.3 Å². The fraction of sp³-hybridized carbons (Fsp3) is 0.143. The first kappa shape index (κ1) is 20.1. The number of H-pyrrole nitrogens is 1. The van der Waals surface area contributed by atoms with Crippen LogP contribution in [0.15, 0.2) is 54.7 Å². The third-order valence-electron chi connectivity index (χ3n) is 4.60. The second kappa shape index (κ2) is 8.64. The van der Waals surface area contributed by atoms with Gasteiger partial charge in [0.2, 0.25) is 11.0 Å². The minimum absolute atomic E-state index is 0.295. The summed E-state index contributed by atoms with van der Waals surface area (Å²) in [5.74, 6) is -0.800. The Morgan fingerprint density at radius 2 is 1.90 bits per heavy atom. The number of amides is 2. The fourth-order valence-corrected chi connectivity index (χ4v) is 3.97. The lowest BCUT2D eigenvalue weighted by Crippen LogP contribution is -2.45. The smallest absolute Gasteiger partial charge is 0.253 e. The number of nitrogens with zero attached hydrogens (tertiary/aromatic N) is 2. The van der Waals surface area contributed by atoms with Crippen molar-refractivity contribution in [2.45, 2.75) is 19.4 Å². The Kier molecular flexibility index (Phi) is 5.78. The Morgan fingerprint density at radius 3 is 2.67 bits per heavy atom. The van der Waals surface area contributed by atoms with Crippen molar-refractivity contribution in [2.75, 3.05) is 5.32 Å².